The molecular weight excluding hydrogens is 413 g/mol. The van der Waals surface area contributed by atoms with Gasteiger partial charge in [-0.3, -0.25) is 0 Å². The average molecular weight is 452 g/mol. The van der Waals surface area contributed by atoms with Crippen LogP contribution in [0.25, 0.3) is 0 Å². The Bertz CT molecular complexity index is 523. The van der Waals surface area contributed by atoms with Crippen LogP contribution in [0.15, 0.2) is 12.1 Å². The number of nitrogens with zero attached hydrogens (tertiary/aromatic N) is 1. The molecule has 0 radical (unpaired) electrons. The molecule has 25 heavy (non-hydrogen) atoms. The molecule has 1 unspecified atom stereocenters. The number of aliphatic hydroxyl groups is 1. The molecule has 2 nitrogen and oxygen atoms in total. The van der Waals surface area contributed by atoms with Gasteiger partial charge in [0, 0.05) is 0 Å². The van der Waals surface area contributed by atoms with Crippen molar-refractivity contribution in [1.29, 1.82) is 0 Å². The fourth-order valence-corrected chi connectivity index (χ4v) is 19.9. The Kier molecular flexibility index (Phi) is 8.26. The van der Waals surface area contributed by atoms with Gasteiger partial charge in [0.15, 0.2) is 0 Å². The summed E-state index contributed by atoms with van der Waals surface area (Å²) in [5.74, 6) is 0. The van der Waals surface area contributed by atoms with Crippen molar-refractivity contribution in [1.82, 2.24) is 4.98 Å². The van der Waals surface area contributed by atoms with Crippen LogP contribution in [0.5, 0.6) is 0 Å². The number of hydrogen-bond acceptors (Lipinski definition) is 2. The Morgan fingerprint density at radius 2 is 1.52 bits per heavy atom. The molecule has 0 spiro atoms. The van der Waals surface area contributed by atoms with Crippen LogP contribution in [0, 0.1) is 0 Å². The summed E-state index contributed by atoms with van der Waals surface area (Å²) >= 11 is -2.48. The molecule has 3 heteroatoms. The molecule has 0 aliphatic heterocycles. The quantitative estimate of drug-likeness (QED) is 0.439. The first-order valence-electron chi connectivity index (χ1n) is 10.8. The van der Waals surface area contributed by atoms with Gasteiger partial charge in [-0.05, 0) is 0 Å². The van der Waals surface area contributed by atoms with Gasteiger partial charge in [0.05, 0.1) is 0 Å². The molecule has 0 amide bonds. The number of unbranched alkanes of at least 4 members (excludes halogenated alkanes) is 3. The van der Waals surface area contributed by atoms with Crippen LogP contribution in [0.3, 0.4) is 0 Å². The number of fused-ring (bicyclic) bond motifs is 1. The number of hydrogen-bond donors (Lipinski definition) is 1. The second-order valence-corrected chi connectivity index (χ2v) is 21.2. The summed E-state index contributed by atoms with van der Waals surface area (Å²) in [6, 6.07) is 4.71. The zero-order chi connectivity index (χ0) is 18.3. The van der Waals surface area contributed by atoms with Crippen molar-refractivity contribution < 1.29 is 5.11 Å². The molecule has 0 fully saturated rings. The van der Waals surface area contributed by atoms with Gasteiger partial charge in [-0.15, -0.1) is 0 Å². The topological polar surface area (TPSA) is 33.1 Å². The fourth-order valence-electron chi connectivity index (χ4n) is 4.50. The predicted octanol–water partition coefficient (Wildman–Crippen LogP) is 5.68. The first kappa shape index (κ1) is 21.2. The third-order valence-electron chi connectivity index (χ3n) is 6.38. The van der Waals surface area contributed by atoms with Crippen LogP contribution in [0.2, 0.25) is 13.3 Å². The zero-order valence-electron chi connectivity index (χ0n) is 17.0. The number of pyridine rings is 1. The van der Waals surface area contributed by atoms with Gasteiger partial charge in [-0.25, -0.2) is 0 Å². The third kappa shape index (κ3) is 4.80. The zero-order valence-corrected chi connectivity index (χ0v) is 19.9. The van der Waals surface area contributed by atoms with E-state index in [1.165, 1.54) is 61.1 Å². The molecule has 0 saturated heterocycles. The number of aryl methyl sites for hydroxylation is 1. The average Bonchev–Trinajstić information content (AvgIpc) is 2.98. The van der Waals surface area contributed by atoms with Crippen LogP contribution in [-0.2, 0) is 12.0 Å². The molecule has 1 N–H and O–H groups in total. The van der Waals surface area contributed by atoms with E-state index >= 15 is 0 Å². The van der Waals surface area contributed by atoms with Crippen molar-refractivity contribution >= 4 is 22.1 Å². The molecule has 0 bridgehead atoms. The molecule has 142 valence electrons. The fraction of sp³-hybridized carbons (Fsp3) is 0.773. The van der Waals surface area contributed by atoms with Gasteiger partial charge < -0.3 is 0 Å². The van der Waals surface area contributed by atoms with Crippen molar-refractivity contribution in [3.05, 3.63) is 23.4 Å². The van der Waals surface area contributed by atoms with Crippen molar-refractivity contribution in [2.45, 2.75) is 104 Å². The van der Waals surface area contributed by atoms with Gasteiger partial charge in [-0.2, -0.15) is 0 Å². The molecule has 1 aromatic heterocycles. The molecule has 1 aromatic rings. The standard InChI is InChI=1S/C10H12NO.3C4H9.Sn/c1-2-10(12)6-5-8-4-3-7-11-9(8)10;3*1-3-4-2;/h3-4,12H,2,5-6H2,1H3;3*1,3-4H2,2H3;. The maximum atomic E-state index is 11.0. The summed E-state index contributed by atoms with van der Waals surface area (Å²) in [5, 5.41) is 11.0. The monoisotopic (exact) mass is 453 g/mol. The van der Waals surface area contributed by atoms with E-state index in [0.717, 1.165) is 25.0 Å². The summed E-state index contributed by atoms with van der Waals surface area (Å²) in [5.41, 5.74) is 1.68. The molecular formula is C22H39NOSn. The van der Waals surface area contributed by atoms with E-state index in [-0.39, 0.29) is 0 Å². The van der Waals surface area contributed by atoms with E-state index in [2.05, 4.69) is 39.8 Å². The third-order valence-corrected chi connectivity index (χ3v) is 21.5. The maximum absolute atomic E-state index is 11.0. The Hall–Kier alpha value is -0.0913. The first-order chi connectivity index (χ1) is 12.0. The Labute approximate surface area is 159 Å². The van der Waals surface area contributed by atoms with Gasteiger partial charge in [0.1, 0.15) is 0 Å². The van der Waals surface area contributed by atoms with Crippen molar-refractivity contribution in [3.63, 3.8) is 0 Å². The summed E-state index contributed by atoms with van der Waals surface area (Å²) in [4.78, 5) is 5.25. The first-order valence-corrected chi connectivity index (χ1v) is 18.3. The van der Waals surface area contributed by atoms with E-state index < -0.39 is 24.0 Å². The van der Waals surface area contributed by atoms with Gasteiger partial charge in [0.2, 0.25) is 0 Å². The van der Waals surface area contributed by atoms with E-state index in [4.69, 9.17) is 4.98 Å². The normalized spacial score (nSPS) is 20.0. The molecule has 0 saturated carbocycles. The Balaban J connectivity index is 2.43. The van der Waals surface area contributed by atoms with Crippen molar-refractivity contribution in [2.24, 2.45) is 0 Å². The molecule has 0 aromatic carbocycles. The summed E-state index contributed by atoms with van der Waals surface area (Å²) in [6.07, 6.45) is 10.6. The summed E-state index contributed by atoms with van der Waals surface area (Å²) in [6.45, 7) is 9.07. The van der Waals surface area contributed by atoms with E-state index in [0.29, 0.717) is 0 Å². The number of aromatic nitrogens is 1. The van der Waals surface area contributed by atoms with Crippen LogP contribution in [0.4, 0.5) is 0 Å². The molecule has 1 aliphatic rings. The van der Waals surface area contributed by atoms with Gasteiger partial charge in [0.25, 0.3) is 0 Å². The van der Waals surface area contributed by atoms with E-state index in [1.807, 2.05) is 0 Å². The van der Waals surface area contributed by atoms with Crippen LogP contribution >= 0.6 is 0 Å². The molecule has 1 aliphatic carbocycles. The van der Waals surface area contributed by atoms with Crippen LogP contribution < -0.4 is 3.71 Å². The molecule has 1 heterocycles. The van der Waals surface area contributed by atoms with E-state index in [1.54, 1.807) is 0 Å². The summed E-state index contributed by atoms with van der Waals surface area (Å²) < 4.78 is 5.81. The van der Waals surface area contributed by atoms with Crippen LogP contribution in [-0.4, -0.2) is 28.5 Å². The van der Waals surface area contributed by atoms with Gasteiger partial charge >= 0.3 is 160 Å². The summed E-state index contributed by atoms with van der Waals surface area (Å²) in [7, 11) is 0. The van der Waals surface area contributed by atoms with Crippen molar-refractivity contribution in [2.75, 3.05) is 0 Å². The second-order valence-electron chi connectivity index (χ2n) is 8.18. The Morgan fingerprint density at radius 1 is 0.960 bits per heavy atom. The van der Waals surface area contributed by atoms with Gasteiger partial charge in [-0.1, -0.05) is 0 Å². The molecule has 1 atom stereocenters. The van der Waals surface area contributed by atoms with Crippen LogP contribution in [0.1, 0.15) is 90.3 Å². The minimum atomic E-state index is -2.48. The predicted molar refractivity (Wildman–Crippen MR) is 111 cm³/mol. The number of rotatable bonds is 11. The minimum absolute atomic E-state index is 0.663. The van der Waals surface area contributed by atoms with Crippen molar-refractivity contribution in [3.8, 4) is 0 Å². The SMILES string of the molecule is CCC[CH2][Sn]([CH2]CCC)([CH2]CCC)[c]1ccc2c(n1)C(O)(CC)CC2. The second kappa shape index (κ2) is 9.73. The molecule has 2 rings (SSSR count). The van der Waals surface area contributed by atoms with E-state index in [9.17, 15) is 5.11 Å². The Morgan fingerprint density at radius 3 is 2.00 bits per heavy atom.